The molecule has 6 nitrogen and oxygen atoms in total. The maximum atomic E-state index is 12.3. The van der Waals surface area contributed by atoms with Crippen molar-refractivity contribution in [3.05, 3.63) is 52.3 Å². The first-order chi connectivity index (χ1) is 11.6. The molecule has 0 saturated heterocycles. The van der Waals surface area contributed by atoms with Gasteiger partial charge in [0.1, 0.15) is 4.60 Å². The van der Waals surface area contributed by atoms with E-state index in [1.54, 1.807) is 38.6 Å². The van der Waals surface area contributed by atoms with Gasteiger partial charge in [-0.2, -0.15) is 0 Å². The highest BCUT2D eigenvalue weighted by Crippen LogP contribution is 2.28. The summed E-state index contributed by atoms with van der Waals surface area (Å²) < 4.78 is 11.0. The van der Waals surface area contributed by atoms with Crippen LogP contribution in [-0.2, 0) is 6.42 Å². The molecule has 24 heavy (non-hydrogen) atoms. The SMILES string of the molecule is COc1ccc(CC(CO)NC(=O)c2ccnc(Br)c2)cc1OC. The van der Waals surface area contributed by atoms with E-state index in [1.165, 1.54) is 0 Å². The van der Waals surface area contributed by atoms with Crippen molar-refractivity contribution in [2.45, 2.75) is 12.5 Å². The molecule has 1 unspecified atom stereocenters. The third kappa shape index (κ3) is 4.69. The van der Waals surface area contributed by atoms with E-state index in [4.69, 9.17) is 9.47 Å². The second-order valence-electron chi connectivity index (χ2n) is 5.11. The lowest BCUT2D eigenvalue weighted by Gasteiger charge is -2.17. The molecule has 2 rings (SSSR count). The van der Waals surface area contributed by atoms with Crippen LogP contribution in [0.3, 0.4) is 0 Å². The third-order valence-corrected chi connectivity index (χ3v) is 3.91. The monoisotopic (exact) mass is 394 g/mol. The van der Waals surface area contributed by atoms with Crippen molar-refractivity contribution in [1.29, 1.82) is 0 Å². The Kier molecular flexibility index (Phi) is 6.57. The summed E-state index contributed by atoms with van der Waals surface area (Å²) in [6.45, 7) is -0.174. The average molecular weight is 395 g/mol. The number of nitrogens with one attached hydrogen (secondary N) is 1. The van der Waals surface area contributed by atoms with Crippen molar-refractivity contribution in [2.75, 3.05) is 20.8 Å². The lowest BCUT2D eigenvalue weighted by Crippen LogP contribution is -2.39. The number of halogens is 1. The van der Waals surface area contributed by atoms with Gasteiger partial charge in [-0.15, -0.1) is 0 Å². The molecule has 1 heterocycles. The second kappa shape index (κ2) is 8.65. The van der Waals surface area contributed by atoms with Gasteiger partial charge in [-0.05, 0) is 52.2 Å². The van der Waals surface area contributed by atoms with Crippen LogP contribution >= 0.6 is 15.9 Å². The maximum absolute atomic E-state index is 12.3. The highest BCUT2D eigenvalue weighted by molar-refractivity contribution is 9.10. The van der Waals surface area contributed by atoms with Crippen molar-refractivity contribution < 1.29 is 19.4 Å². The molecule has 2 N–H and O–H groups in total. The predicted octanol–water partition coefficient (Wildman–Crippen LogP) is 2.19. The number of aliphatic hydroxyl groups is 1. The fourth-order valence-electron chi connectivity index (χ4n) is 2.27. The van der Waals surface area contributed by atoms with Crippen LogP contribution in [-0.4, -0.2) is 42.9 Å². The molecule has 0 aliphatic carbocycles. The van der Waals surface area contributed by atoms with E-state index in [-0.39, 0.29) is 12.5 Å². The van der Waals surface area contributed by atoms with E-state index in [0.29, 0.717) is 28.1 Å². The molecule has 0 saturated carbocycles. The minimum Gasteiger partial charge on any atom is -0.493 e. The topological polar surface area (TPSA) is 80.7 Å². The maximum Gasteiger partial charge on any atom is 0.251 e. The molecule has 7 heteroatoms. The quantitative estimate of drug-likeness (QED) is 0.703. The first kappa shape index (κ1) is 18.2. The molecule has 0 fully saturated rings. The Morgan fingerprint density at radius 2 is 2.00 bits per heavy atom. The van der Waals surface area contributed by atoms with E-state index in [0.717, 1.165) is 5.56 Å². The van der Waals surface area contributed by atoms with Crippen molar-refractivity contribution in [3.8, 4) is 11.5 Å². The van der Waals surface area contributed by atoms with Crippen molar-refractivity contribution in [1.82, 2.24) is 10.3 Å². The van der Waals surface area contributed by atoms with Gasteiger partial charge < -0.3 is 19.9 Å². The van der Waals surface area contributed by atoms with E-state index in [2.05, 4.69) is 26.2 Å². The predicted molar refractivity (Wildman–Crippen MR) is 93.5 cm³/mol. The van der Waals surface area contributed by atoms with Gasteiger partial charge >= 0.3 is 0 Å². The highest BCUT2D eigenvalue weighted by Gasteiger charge is 2.15. The number of aromatic nitrogens is 1. The molecule has 1 aromatic heterocycles. The Bertz CT molecular complexity index is 709. The van der Waals surface area contributed by atoms with Crippen LogP contribution in [0.1, 0.15) is 15.9 Å². The van der Waals surface area contributed by atoms with Crippen LogP contribution in [0.15, 0.2) is 41.1 Å². The molecule has 1 aromatic carbocycles. The first-order valence-corrected chi connectivity index (χ1v) is 8.11. The number of rotatable bonds is 7. The Morgan fingerprint density at radius 3 is 2.62 bits per heavy atom. The Labute approximate surface area is 148 Å². The lowest BCUT2D eigenvalue weighted by molar-refractivity contribution is 0.0916. The molecule has 0 aliphatic heterocycles. The van der Waals surface area contributed by atoms with Gasteiger partial charge in [0.05, 0.1) is 26.9 Å². The molecule has 0 spiro atoms. The number of hydrogen-bond donors (Lipinski definition) is 2. The summed E-state index contributed by atoms with van der Waals surface area (Å²) in [5, 5.41) is 12.4. The number of carbonyl (C=O) groups is 1. The van der Waals surface area contributed by atoms with Crippen LogP contribution < -0.4 is 14.8 Å². The van der Waals surface area contributed by atoms with Gasteiger partial charge in [0.15, 0.2) is 11.5 Å². The van der Waals surface area contributed by atoms with E-state index in [9.17, 15) is 9.90 Å². The molecule has 1 atom stereocenters. The molecule has 0 bridgehead atoms. The van der Waals surface area contributed by atoms with Gasteiger partial charge in [-0.1, -0.05) is 6.07 Å². The number of nitrogens with zero attached hydrogens (tertiary/aromatic N) is 1. The number of aliphatic hydroxyl groups excluding tert-OH is 1. The number of hydrogen-bond acceptors (Lipinski definition) is 5. The number of benzene rings is 1. The summed E-state index contributed by atoms with van der Waals surface area (Å²) in [6, 6.07) is 8.33. The zero-order valence-corrected chi connectivity index (χ0v) is 15.0. The summed E-state index contributed by atoms with van der Waals surface area (Å²) >= 11 is 3.23. The molecular formula is C17H19BrN2O4. The molecule has 1 amide bonds. The van der Waals surface area contributed by atoms with E-state index in [1.807, 2.05) is 12.1 Å². The lowest BCUT2D eigenvalue weighted by atomic mass is 10.1. The number of carbonyl (C=O) groups excluding carboxylic acids is 1. The largest absolute Gasteiger partial charge is 0.493 e. The van der Waals surface area contributed by atoms with Crippen LogP contribution in [0.25, 0.3) is 0 Å². The zero-order valence-electron chi connectivity index (χ0n) is 13.5. The number of methoxy groups -OCH3 is 2. The van der Waals surface area contributed by atoms with Gasteiger partial charge in [0.2, 0.25) is 0 Å². The summed E-state index contributed by atoms with van der Waals surface area (Å²) in [5.74, 6) is 0.973. The van der Waals surface area contributed by atoms with Crippen molar-refractivity contribution in [3.63, 3.8) is 0 Å². The number of amides is 1. The Morgan fingerprint density at radius 1 is 1.25 bits per heavy atom. The molecule has 0 aliphatic rings. The summed E-state index contributed by atoms with van der Waals surface area (Å²) in [6.07, 6.45) is 2.01. The second-order valence-corrected chi connectivity index (χ2v) is 5.93. The van der Waals surface area contributed by atoms with Gasteiger partial charge in [0.25, 0.3) is 5.91 Å². The fourth-order valence-corrected chi connectivity index (χ4v) is 2.63. The van der Waals surface area contributed by atoms with Gasteiger partial charge in [-0.25, -0.2) is 4.98 Å². The Hall–Kier alpha value is -2.12. The van der Waals surface area contributed by atoms with Crippen LogP contribution in [0, 0.1) is 0 Å². The standard InChI is InChI=1S/C17H19BrN2O4/c1-23-14-4-3-11(8-15(14)24-2)7-13(10-21)20-17(22)12-5-6-19-16(18)9-12/h3-6,8-9,13,21H,7,10H2,1-2H3,(H,20,22). The molecule has 2 aromatic rings. The minimum absolute atomic E-state index is 0.174. The van der Waals surface area contributed by atoms with Crippen LogP contribution in [0.2, 0.25) is 0 Å². The summed E-state index contributed by atoms with van der Waals surface area (Å²) in [5.41, 5.74) is 1.39. The number of ether oxygens (including phenoxy) is 2. The normalized spacial score (nSPS) is 11.7. The Balaban J connectivity index is 2.08. The summed E-state index contributed by atoms with van der Waals surface area (Å²) in [7, 11) is 3.13. The van der Waals surface area contributed by atoms with Crippen LogP contribution in [0.4, 0.5) is 0 Å². The minimum atomic E-state index is -0.414. The van der Waals surface area contributed by atoms with Crippen molar-refractivity contribution >= 4 is 21.8 Å². The highest BCUT2D eigenvalue weighted by atomic mass is 79.9. The van der Waals surface area contributed by atoms with E-state index < -0.39 is 6.04 Å². The summed E-state index contributed by atoms with van der Waals surface area (Å²) in [4.78, 5) is 16.3. The molecule has 128 valence electrons. The van der Waals surface area contributed by atoms with E-state index >= 15 is 0 Å². The number of pyridine rings is 1. The smallest absolute Gasteiger partial charge is 0.251 e. The first-order valence-electron chi connectivity index (χ1n) is 7.31. The third-order valence-electron chi connectivity index (χ3n) is 3.47. The zero-order chi connectivity index (χ0) is 17.5. The van der Waals surface area contributed by atoms with Gasteiger partial charge in [0, 0.05) is 11.8 Å². The van der Waals surface area contributed by atoms with Crippen LogP contribution in [0.5, 0.6) is 11.5 Å². The molecular weight excluding hydrogens is 376 g/mol. The van der Waals surface area contributed by atoms with Gasteiger partial charge in [-0.3, -0.25) is 4.79 Å². The fraction of sp³-hybridized carbons (Fsp3) is 0.294. The average Bonchev–Trinajstić information content (AvgIpc) is 2.60. The molecule has 0 radical (unpaired) electrons. The van der Waals surface area contributed by atoms with Crippen molar-refractivity contribution in [2.24, 2.45) is 0 Å².